The number of nitrogen functional groups attached to an aromatic ring is 1. The monoisotopic (exact) mass is 281 g/mol. The number of halogens is 2. The van der Waals surface area contributed by atoms with Gasteiger partial charge >= 0.3 is 0 Å². The highest BCUT2D eigenvalue weighted by atomic mass is 79.9. The average molecular weight is 283 g/mol. The first-order valence-electron chi connectivity index (χ1n) is 2.54. The van der Waals surface area contributed by atoms with Crippen molar-refractivity contribution in [1.82, 2.24) is 0 Å². The molecular weight excluding hydrogens is 278 g/mol. The van der Waals surface area contributed by atoms with E-state index in [1.807, 2.05) is 12.1 Å². The van der Waals surface area contributed by atoms with Crippen LogP contribution in [0.25, 0.3) is 0 Å². The summed E-state index contributed by atoms with van der Waals surface area (Å²) in [6.07, 6.45) is 0. The lowest BCUT2D eigenvalue weighted by Gasteiger charge is -2.00. The minimum Gasteiger partial charge on any atom is -0.399 e. The van der Waals surface area contributed by atoms with E-state index in [2.05, 4.69) is 44.5 Å². The molecule has 54 valence electrons. The summed E-state index contributed by atoms with van der Waals surface area (Å²) >= 11 is 10.8. The van der Waals surface area contributed by atoms with Gasteiger partial charge in [0.15, 0.2) is 0 Å². The Balaban J connectivity index is 3.31. The van der Waals surface area contributed by atoms with Crippen LogP contribution in [0.3, 0.4) is 0 Å². The highest BCUT2D eigenvalue weighted by molar-refractivity contribution is 9.11. The number of thiol groups is 1. The Labute approximate surface area is 81.7 Å². The molecule has 0 saturated carbocycles. The van der Waals surface area contributed by atoms with E-state index in [4.69, 9.17) is 5.73 Å². The predicted octanol–water partition coefficient (Wildman–Crippen LogP) is 3.08. The number of rotatable bonds is 0. The second-order valence-corrected chi connectivity index (χ2v) is 3.99. The summed E-state index contributed by atoms with van der Waals surface area (Å²) in [5, 5.41) is 0. The maximum Gasteiger partial charge on any atom is 0.0340 e. The van der Waals surface area contributed by atoms with Crippen molar-refractivity contribution in [2.45, 2.75) is 4.90 Å². The molecule has 1 rings (SSSR count). The molecule has 4 heteroatoms. The van der Waals surface area contributed by atoms with Gasteiger partial charge in [-0.2, -0.15) is 0 Å². The van der Waals surface area contributed by atoms with Crippen molar-refractivity contribution in [3.05, 3.63) is 21.1 Å². The summed E-state index contributed by atoms with van der Waals surface area (Å²) in [7, 11) is 0. The summed E-state index contributed by atoms with van der Waals surface area (Å²) in [5.74, 6) is 0. The van der Waals surface area contributed by atoms with E-state index in [1.165, 1.54) is 0 Å². The predicted molar refractivity (Wildman–Crippen MR) is 53.5 cm³/mol. The lowest BCUT2D eigenvalue weighted by Crippen LogP contribution is -1.84. The van der Waals surface area contributed by atoms with Crippen LogP contribution < -0.4 is 5.73 Å². The molecule has 1 nitrogen and oxygen atoms in total. The zero-order chi connectivity index (χ0) is 7.72. The van der Waals surface area contributed by atoms with Crippen LogP contribution in [-0.2, 0) is 0 Å². The Bertz CT molecular complexity index is 239. The summed E-state index contributed by atoms with van der Waals surface area (Å²) in [5.41, 5.74) is 6.25. The molecular formula is C6H5Br2NS. The van der Waals surface area contributed by atoms with E-state index in [1.54, 1.807) is 0 Å². The van der Waals surface area contributed by atoms with Gasteiger partial charge in [-0.05, 0) is 44.0 Å². The minimum absolute atomic E-state index is 0.719. The second kappa shape index (κ2) is 3.15. The summed E-state index contributed by atoms with van der Waals surface area (Å²) in [4.78, 5) is 0.870. The van der Waals surface area contributed by atoms with Gasteiger partial charge in [-0.15, -0.1) is 12.6 Å². The second-order valence-electron chi connectivity index (χ2n) is 1.83. The third kappa shape index (κ3) is 1.68. The van der Waals surface area contributed by atoms with Gasteiger partial charge in [-0.3, -0.25) is 0 Å². The Morgan fingerprint density at radius 2 is 1.60 bits per heavy atom. The molecule has 0 aliphatic heterocycles. The fourth-order valence-electron chi connectivity index (χ4n) is 0.585. The largest absolute Gasteiger partial charge is 0.399 e. The Hall–Kier alpha value is 0.330. The van der Waals surface area contributed by atoms with E-state index >= 15 is 0 Å². The maximum absolute atomic E-state index is 5.53. The van der Waals surface area contributed by atoms with Crippen molar-refractivity contribution in [1.29, 1.82) is 0 Å². The lowest BCUT2D eigenvalue weighted by atomic mass is 10.3. The Kier molecular flexibility index (Phi) is 2.66. The van der Waals surface area contributed by atoms with Crippen LogP contribution in [0.4, 0.5) is 5.69 Å². The smallest absolute Gasteiger partial charge is 0.0340 e. The molecule has 0 saturated heterocycles. The van der Waals surface area contributed by atoms with Crippen molar-refractivity contribution in [2.24, 2.45) is 0 Å². The standard InChI is InChI=1S/C6H5Br2NS/c7-4-1-3(9)2-5(8)6(4)10/h1-2,10H,9H2. The zero-order valence-electron chi connectivity index (χ0n) is 4.94. The van der Waals surface area contributed by atoms with Crippen molar-refractivity contribution < 1.29 is 0 Å². The molecule has 0 bridgehead atoms. The summed E-state index contributed by atoms with van der Waals surface area (Å²) in [6, 6.07) is 3.63. The highest BCUT2D eigenvalue weighted by Gasteiger charge is 2.00. The van der Waals surface area contributed by atoms with Crippen molar-refractivity contribution in [3.63, 3.8) is 0 Å². The molecule has 0 aliphatic carbocycles. The van der Waals surface area contributed by atoms with Crippen LogP contribution in [0.2, 0.25) is 0 Å². The molecule has 0 radical (unpaired) electrons. The van der Waals surface area contributed by atoms with Gasteiger partial charge in [0.2, 0.25) is 0 Å². The molecule has 2 N–H and O–H groups in total. The van der Waals surface area contributed by atoms with Gasteiger partial charge in [0.05, 0.1) is 0 Å². The zero-order valence-corrected chi connectivity index (χ0v) is 9.00. The first kappa shape index (κ1) is 8.43. The summed E-state index contributed by atoms with van der Waals surface area (Å²) < 4.78 is 1.81. The van der Waals surface area contributed by atoms with E-state index in [9.17, 15) is 0 Å². The molecule has 0 amide bonds. The van der Waals surface area contributed by atoms with Crippen LogP contribution in [0.1, 0.15) is 0 Å². The van der Waals surface area contributed by atoms with Gasteiger partial charge in [-0.1, -0.05) is 0 Å². The lowest BCUT2D eigenvalue weighted by molar-refractivity contribution is 1.37. The molecule has 0 aromatic heterocycles. The average Bonchev–Trinajstić information content (AvgIpc) is 1.82. The molecule has 1 aromatic carbocycles. The topological polar surface area (TPSA) is 26.0 Å². The van der Waals surface area contributed by atoms with Gasteiger partial charge in [-0.25, -0.2) is 0 Å². The van der Waals surface area contributed by atoms with E-state index in [0.29, 0.717) is 0 Å². The quantitative estimate of drug-likeness (QED) is 0.555. The molecule has 0 aliphatic rings. The van der Waals surface area contributed by atoms with Crippen LogP contribution >= 0.6 is 44.5 Å². The number of anilines is 1. The number of benzene rings is 1. The van der Waals surface area contributed by atoms with Crippen LogP contribution in [0.5, 0.6) is 0 Å². The van der Waals surface area contributed by atoms with E-state index < -0.39 is 0 Å². The van der Waals surface area contributed by atoms with Gasteiger partial charge in [0.1, 0.15) is 0 Å². The number of hydrogen-bond acceptors (Lipinski definition) is 2. The first-order valence-corrected chi connectivity index (χ1v) is 4.58. The fraction of sp³-hybridized carbons (Fsp3) is 0. The fourth-order valence-corrected chi connectivity index (χ4v) is 1.94. The SMILES string of the molecule is Nc1cc(Br)c(S)c(Br)c1. The molecule has 10 heavy (non-hydrogen) atoms. The molecule has 0 atom stereocenters. The molecule has 0 spiro atoms. The van der Waals surface area contributed by atoms with Crippen molar-refractivity contribution in [3.8, 4) is 0 Å². The first-order chi connectivity index (χ1) is 4.61. The van der Waals surface area contributed by atoms with Gasteiger partial charge in [0.25, 0.3) is 0 Å². The number of hydrogen-bond donors (Lipinski definition) is 2. The Morgan fingerprint density at radius 3 is 2.00 bits per heavy atom. The van der Waals surface area contributed by atoms with Gasteiger partial charge < -0.3 is 5.73 Å². The van der Waals surface area contributed by atoms with Crippen LogP contribution in [0.15, 0.2) is 26.0 Å². The molecule has 1 aromatic rings. The summed E-state index contributed by atoms with van der Waals surface area (Å²) in [6.45, 7) is 0. The van der Waals surface area contributed by atoms with Crippen molar-refractivity contribution >= 4 is 50.2 Å². The normalized spacial score (nSPS) is 9.90. The minimum atomic E-state index is 0.719. The molecule has 0 unspecified atom stereocenters. The number of nitrogens with two attached hydrogens (primary N) is 1. The molecule has 0 fully saturated rings. The van der Waals surface area contributed by atoms with Gasteiger partial charge in [0, 0.05) is 19.5 Å². The highest BCUT2D eigenvalue weighted by Crippen LogP contribution is 2.30. The van der Waals surface area contributed by atoms with E-state index in [0.717, 1.165) is 19.5 Å². The maximum atomic E-state index is 5.53. The van der Waals surface area contributed by atoms with Crippen molar-refractivity contribution in [2.75, 3.05) is 5.73 Å². The Morgan fingerprint density at radius 1 is 1.20 bits per heavy atom. The molecule has 0 heterocycles. The third-order valence-corrected chi connectivity index (χ3v) is 3.38. The van der Waals surface area contributed by atoms with Crippen LogP contribution in [0, 0.1) is 0 Å². The van der Waals surface area contributed by atoms with Crippen LogP contribution in [-0.4, -0.2) is 0 Å². The third-order valence-electron chi connectivity index (χ3n) is 1.04. The van der Waals surface area contributed by atoms with E-state index in [-0.39, 0.29) is 0 Å².